The van der Waals surface area contributed by atoms with E-state index in [9.17, 15) is 4.79 Å². The van der Waals surface area contributed by atoms with E-state index >= 15 is 0 Å². The van der Waals surface area contributed by atoms with Crippen molar-refractivity contribution in [1.29, 1.82) is 0 Å². The summed E-state index contributed by atoms with van der Waals surface area (Å²) < 4.78 is 2.50. The highest BCUT2D eigenvalue weighted by molar-refractivity contribution is 7.71. The Morgan fingerprint density at radius 1 is 1.50 bits per heavy atom. The number of amides is 1. The normalized spacial score (nSPS) is 11.2. The van der Waals surface area contributed by atoms with Gasteiger partial charge in [-0.2, -0.15) is 0 Å². The van der Waals surface area contributed by atoms with Gasteiger partial charge in [0.15, 0.2) is 4.77 Å². The molecule has 0 saturated carbocycles. The summed E-state index contributed by atoms with van der Waals surface area (Å²) in [5.74, 6) is 0.491. The first-order chi connectivity index (χ1) is 9.49. The first-order valence-electron chi connectivity index (χ1n) is 6.62. The number of H-pyrrole nitrogens is 1. The minimum absolute atomic E-state index is 0.0389. The number of hydrogen-bond acceptors (Lipinski definition) is 2. The molecular formula is C14H18ClN3OS. The summed E-state index contributed by atoms with van der Waals surface area (Å²) in [6.45, 7) is 5.38. The molecule has 0 radical (unpaired) electrons. The maximum atomic E-state index is 11.8. The van der Waals surface area contributed by atoms with Gasteiger partial charge in [-0.05, 0) is 30.3 Å². The number of aromatic amines is 1. The summed E-state index contributed by atoms with van der Waals surface area (Å²) >= 11 is 11.4. The van der Waals surface area contributed by atoms with E-state index in [1.165, 1.54) is 0 Å². The number of carbonyl (C=O) groups is 1. The molecule has 0 bridgehead atoms. The number of aryl methyl sites for hydroxylation is 1. The van der Waals surface area contributed by atoms with Crippen molar-refractivity contribution in [3.8, 4) is 0 Å². The van der Waals surface area contributed by atoms with E-state index in [0.717, 1.165) is 11.0 Å². The van der Waals surface area contributed by atoms with Gasteiger partial charge in [0.05, 0.1) is 16.1 Å². The molecule has 2 aromatic rings. The first kappa shape index (κ1) is 15.1. The van der Waals surface area contributed by atoms with Crippen LogP contribution < -0.4 is 5.32 Å². The topological polar surface area (TPSA) is 49.8 Å². The van der Waals surface area contributed by atoms with Gasteiger partial charge in [0.2, 0.25) is 5.91 Å². The van der Waals surface area contributed by atoms with Crippen LogP contribution in [0.3, 0.4) is 0 Å². The molecule has 4 nitrogen and oxygen atoms in total. The van der Waals surface area contributed by atoms with Gasteiger partial charge < -0.3 is 14.9 Å². The number of aromatic nitrogens is 2. The van der Waals surface area contributed by atoms with Crippen LogP contribution in [0.2, 0.25) is 5.02 Å². The fraction of sp³-hybridized carbons (Fsp3) is 0.429. The van der Waals surface area contributed by atoms with Crippen LogP contribution in [0.25, 0.3) is 11.0 Å². The average molecular weight is 312 g/mol. The molecule has 0 aliphatic heterocycles. The molecule has 1 aromatic carbocycles. The fourth-order valence-electron chi connectivity index (χ4n) is 1.99. The second-order valence-electron chi connectivity index (χ2n) is 5.16. The van der Waals surface area contributed by atoms with Crippen molar-refractivity contribution in [3.63, 3.8) is 0 Å². The van der Waals surface area contributed by atoms with E-state index in [4.69, 9.17) is 23.8 Å². The quantitative estimate of drug-likeness (QED) is 0.830. The maximum absolute atomic E-state index is 11.8. The lowest BCUT2D eigenvalue weighted by Gasteiger charge is -2.08. The standard InChI is InChI=1S/C14H18ClN3OS/c1-9(2)8-16-12(19)6-7-18-11-5-3-4-10(15)13(11)17-14(18)20/h3-5,9H,6-8H2,1-2H3,(H,16,19)(H,17,20). The Kier molecular flexibility index (Phi) is 4.83. The minimum Gasteiger partial charge on any atom is -0.356 e. The van der Waals surface area contributed by atoms with Crippen LogP contribution in [-0.2, 0) is 11.3 Å². The number of rotatable bonds is 5. The first-order valence-corrected chi connectivity index (χ1v) is 7.41. The Morgan fingerprint density at radius 3 is 2.95 bits per heavy atom. The third kappa shape index (κ3) is 3.41. The highest BCUT2D eigenvalue weighted by atomic mass is 35.5. The molecule has 0 fully saturated rings. The Morgan fingerprint density at radius 2 is 2.25 bits per heavy atom. The van der Waals surface area contributed by atoms with Gasteiger partial charge in [-0.15, -0.1) is 0 Å². The van der Waals surface area contributed by atoms with Gasteiger partial charge in [-0.1, -0.05) is 31.5 Å². The van der Waals surface area contributed by atoms with Gasteiger partial charge in [0, 0.05) is 19.5 Å². The van der Waals surface area contributed by atoms with E-state index in [-0.39, 0.29) is 5.91 Å². The van der Waals surface area contributed by atoms with Gasteiger partial charge in [0.25, 0.3) is 0 Å². The predicted octanol–water partition coefficient (Wildman–Crippen LogP) is 3.51. The van der Waals surface area contributed by atoms with Crippen LogP contribution in [0.4, 0.5) is 0 Å². The van der Waals surface area contributed by atoms with Crippen LogP contribution in [-0.4, -0.2) is 22.0 Å². The zero-order chi connectivity index (χ0) is 14.7. The monoisotopic (exact) mass is 311 g/mol. The second-order valence-corrected chi connectivity index (χ2v) is 5.96. The zero-order valence-corrected chi connectivity index (χ0v) is 13.1. The smallest absolute Gasteiger partial charge is 0.221 e. The summed E-state index contributed by atoms with van der Waals surface area (Å²) in [7, 11) is 0. The highest BCUT2D eigenvalue weighted by Crippen LogP contribution is 2.22. The molecular weight excluding hydrogens is 294 g/mol. The third-order valence-corrected chi connectivity index (χ3v) is 3.67. The lowest BCUT2D eigenvalue weighted by Crippen LogP contribution is -2.28. The van der Waals surface area contributed by atoms with Gasteiger partial charge in [-0.25, -0.2) is 0 Å². The Hall–Kier alpha value is -1.33. The molecule has 108 valence electrons. The van der Waals surface area contributed by atoms with E-state index in [1.807, 2.05) is 22.8 Å². The molecule has 1 amide bonds. The number of para-hydroxylation sites is 1. The molecule has 2 N–H and O–H groups in total. The van der Waals surface area contributed by atoms with Crippen molar-refractivity contribution >= 4 is 40.8 Å². The number of halogens is 1. The van der Waals surface area contributed by atoms with Crippen LogP contribution >= 0.6 is 23.8 Å². The van der Waals surface area contributed by atoms with E-state index in [1.54, 1.807) is 0 Å². The van der Waals surface area contributed by atoms with E-state index in [2.05, 4.69) is 24.1 Å². The number of nitrogens with one attached hydrogen (secondary N) is 2. The second kappa shape index (κ2) is 6.41. The van der Waals surface area contributed by atoms with E-state index < -0.39 is 0 Å². The van der Waals surface area contributed by atoms with Gasteiger partial charge >= 0.3 is 0 Å². The SMILES string of the molecule is CC(C)CNC(=O)CCn1c(=S)[nH]c2c(Cl)cccc21. The maximum Gasteiger partial charge on any atom is 0.221 e. The number of hydrogen-bond donors (Lipinski definition) is 2. The van der Waals surface area contributed by atoms with Crippen LogP contribution in [0.1, 0.15) is 20.3 Å². The fourth-order valence-corrected chi connectivity index (χ4v) is 2.50. The average Bonchev–Trinajstić information content (AvgIpc) is 2.71. The number of nitrogens with zero attached hydrogens (tertiary/aromatic N) is 1. The Labute approximate surface area is 128 Å². The molecule has 6 heteroatoms. The molecule has 1 aromatic heterocycles. The minimum atomic E-state index is 0.0389. The predicted molar refractivity (Wildman–Crippen MR) is 84.6 cm³/mol. The van der Waals surface area contributed by atoms with E-state index in [0.29, 0.717) is 35.2 Å². The molecule has 0 atom stereocenters. The van der Waals surface area contributed by atoms with Crippen LogP contribution in [0.5, 0.6) is 0 Å². The molecule has 20 heavy (non-hydrogen) atoms. The van der Waals surface area contributed by atoms with Crippen LogP contribution in [0.15, 0.2) is 18.2 Å². The number of imidazole rings is 1. The van der Waals surface area contributed by atoms with Crippen molar-refractivity contribution in [2.75, 3.05) is 6.54 Å². The van der Waals surface area contributed by atoms with Gasteiger partial charge in [-0.3, -0.25) is 4.79 Å². The van der Waals surface area contributed by atoms with Gasteiger partial charge in [0.1, 0.15) is 0 Å². The molecule has 0 aliphatic carbocycles. The van der Waals surface area contributed by atoms with Crippen molar-refractivity contribution in [1.82, 2.24) is 14.9 Å². The lowest BCUT2D eigenvalue weighted by atomic mass is 10.2. The Balaban J connectivity index is 2.11. The molecule has 0 spiro atoms. The largest absolute Gasteiger partial charge is 0.356 e. The van der Waals surface area contributed by atoms with Crippen molar-refractivity contribution in [2.24, 2.45) is 5.92 Å². The summed E-state index contributed by atoms with van der Waals surface area (Å²) in [6.07, 6.45) is 0.403. The number of benzene rings is 1. The summed E-state index contributed by atoms with van der Waals surface area (Å²) in [4.78, 5) is 14.8. The van der Waals surface area contributed by atoms with Crippen LogP contribution in [0, 0.1) is 10.7 Å². The zero-order valence-electron chi connectivity index (χ0n) is 11.6. The number of carbonyl (C=O) groups excluding carboxylic acids is 1. The summed E-state index contributed by atoms with van der Waals surface area (Å²) in [5, 5.41) is 3.54. The third-order valence-electron chi connectivity index (χ3n) is 3.03. The molecule has 0 unspecified atom stereocenters. The van der Waals surface area contributed by atoms with Crippen molar-refractivity contribution in [2.45, 2.75) is 26.8 Å². The summed E-state index contributed by atoms with van der Waals surface area (Å²) in [6, 6.07) is 5.64. The van der Waals surface area contributed by atoms with Crippen molar-refractivity contribution in [3.05, 3.63) is 28.0 Å². The summed E-state index contributed by atoms with van der Waals surface area (Å²) in [5.41, 5.74) is 1.75. The molecule has 2 rings (SSSR count). The lowest BCUT2D eigenvalue weighted by molar-refractivity contribution is -0.121. The Bertz CT molecular complexity index is 675. The highest BCUT2D eigenvalue weighted by Gasteiger charge is 2.09. The molecule has 0 aliphatic rings. The van der Waals surface area contributed by atoms with Crippen molar-refractivity contribution < 1.29 is 4.79 Å². The number of fused-ring (bicyclic) bond motifs is 1. The molecule has 0 saturated heterocycles. The molecule has 1 heterocycles.